The molecule has 0 atom stereocenters. The zero-order valence-electron chi connectivity index (χ0n) is 11.5. The third-order valence-electron chi connectivity index (χ3n) is 4.18. The van der Waals surface area contributed by atoms with Crippen LogP contribution in [0.3, 0.4) is 0 Å². The molecule has 2 heterocycles. The van der Waals surface area contributed by atoms with Gasteiger partial charge in [-0.1, -0.05) is 12.1 Å². The highest BCUT2D eigenvalue weighted by Gasteiger charge is 2.16. The van der Waals surface area contributed by atoms with Gasteiger partial charge in [0.2, 0.25) is 0 Å². The second kappa shape index (κ2) is 4.35. The number of nitrogens with zero attached hydrogens (tertiary/aromatic N) is 2. The van der Waals surface area contributed by atoms with Crippen molar-refractivity contribution in [2.75, 3.05) is 5.73 Å². The number of aromatic nitrogens is 2. The predicted molar refractivity (Wildman–Crippen MR) is 84.3 cm³/mol. The van der Waals surface area contributed by atoms with Crippen LogP contribution in [0, 0.1) is 6.92 Å². The summed E-state index contributed by atoms with van der Waals surface area (Å²) in [6.07, 6.45) is 6.80. The minimum atomic E-state index is 0.720. The molecule has 3 nitrogen and oxygen atoms in total. The van der Waals surface area contributed by atoms with E-state index in [4.69, 9.17) is 5.73 Å². The molecule has 4 heteroatoms. The quantitative estimate of drug-likeness (QED) is 0.737. The molecule has 0 spiro atoms. The smallest absolute Gasteiger partial charge is 0.196 e. The molecule has 20 heavy (non-hydrogen) atoms. The fraction of sp³-hybridized carbons (Fsp3) is 0.312. The highest BCUT2D eigenvalue weighted by Crippen LogP contribution is 2.34. The Bertz CT molecular complexity index is 798. The van der Waals surface area contributed by atoms with Crippen LogP contribution < -0.4 is 5.73 Å². The molecule has 1 aromatic carbocycles. The maximum Gasteiger partial charge on any atom is 0.196 e. The number of benzene rings is 1. The van der Waals surface area contributed by atoms with E-state index in [1.165, 1.54) is 52.9 Å². The van der Waals surface area contributed by atoms with Crippen molar-refractivity contribution in [3.8, 4) is 11.3 Å². The minimum Gasteiger partial charge on any atom is -0.383 e. The van der Waals surface area contributed by atoms with Crippen LogP contribution in [0.5, 0.6) is 0 Å². The first-order valence-electron chi connectivity index (χ1n) is 7.08. The number of hydrogen-bond donors (Lipinski definition) is 1. The number of thiazole rings is 1. The van der Waals surface area contributed by atoms with Crippen molar-refractivity contribution >= 4 is 22.1 Å². The lowest BCUT2D eigenvalue weighted by Crippen LogP contribution is -2.03. The lowest BCUT2D eigenvalue weighted by atomic mass is 9.90. The van der Waals surface area contributed by atoms with Gasteiger partial charge in [0, 0.05) is 10.4 Å². The fourth-order valence-electron chi connectivity index (χ4n) is 3.20. The molecule has 0 unspecified atom stereocenters. The lowest BCUT2D eigenvalue weighted by Gasteiger charge is -2.16. The van der Waals surface area contributed by atoms with Crippen LogP contribution >= 0.6 is 11.3 Å². The van der Waals surface area contributed by atoms with E-state index in [1.54, 1.807) is 17.5 Å². The Morgan fingerprint density at radius 2 is 2.00 bits per heavy atom. The zero-order valence-corrected chi connectivity index (χ0v) is 12.3. The molecular formula is C16H17N3S. The number of nitrogen functional groups attached to an aromatic ring is 1. The van der Waals surface area contributed by atoms with Gasteiger partial charge in [-0.05, 0) is 49.8 Å². The number of aryl methyl sites for hydroxylation is 3. The first kappa shape index (κ1) is 12.0. The molecule has 0 saturated heterocycles. The Balaban J connectivity index is 1.94. The monoisotopic (exact) mass is 283 g/mol. The van der Waals surface area contributed by atoms with Crippen molar-refractivity contribution < 1.29 is 0 Å². The van der Waals surface area contributed by atoms with Gasteiger partial charge in [0.15, 0.2) is 4.96 Å². The maximum absolute atomic E-state index is 6.07. The molecule has 0 aliphatic heterocycles. The third kappa shape index (κ3) is 1.68. The third-order valence-corrected chi connectivity index (χ3v) is 5.15. The van der Waals surface area contributed by atoms with Crippen LogP contribution in [0.4, 0.5) is 5.82 Å². The number of fused-ring (bicyclic) bond motifs is 2. The van der Waals surface area contributed by atoms with Gasteiger partial charge < -0.3 is 5.73 Å². The number of imidazole rings is 1. The van der Waals surface area contributed by atoms with Crippen molar-refractivity contribution in [1.29, 1.82) is 0 Å². The second-order valence-electron chi connectivity index (χ2n) is 5.50. The summed E-state index contributed by atoms with van der Waals surface area (Å²) in [6.45, 7) is 2.15. The van der Waals surface area contributed by atoms with Crippen LogP contribution in [-0.4, -0.2) is 9.38 Å². The SMILES string of the molecule is Cc1sc2ncc(N)n2c1-c1ccc2c(c1)CCCC2. The van der Waals surface area contributed by atoms with E-state index in [0.29, 0.717) is 0 Å². The average Bonchev–Trinajstić information content (AvgIpc) is 2.97. The molecule has 2 aromatic heterocycles. The van der Waals surface area contributed by atoms with Crippen LogP contribution in [-0.2, 0) is 12.8 Å². The van der Waals surface area contributed by atoms with Crippen molar-refractivity contribution in [3.05, 3.63) is 40.4 Å². The van der Waals surface area contributed by atoms with E-state index in [1.807, 2.05) is 0 Å². The fourth-order valence-corrected chi connectivity index (χ4v) is 4.17. The van der Waals surface area contributed by atoms with Crippen LogP contribution in [0.15, 0.2) is 24.4 Å². The molecule has 4 rings (SSSR count). The van der Waals surface area contributed by atoms with Gasteiger partial charge in [-0.2, -0.15) is 0 Å². The average molecular weight is 283 g/mol. The molecule has 0 saturated carbocycles. The molecule has 1 aliphatic carbocycles. The summed E-state index contributed by atoms with van der Waals surface area (Å²) in [4.78, 5) is 6.62. The first-order chi connectivity index (χ1) is 9.74. The summed E-state index contributed by atoms with van der Waals surface area (Å²) in [5.41, 5.74) is 11.6. The van der Waals surface area contributed by atoms with Crippen molar-refractivity contribution in [1.82, 2.24) is 9.38 Å². The predicted octanol–water partition coefficient (Wildman–Crippen LogP) is 3.83. The number of rotatable bonds is 1. The van der Waals surface area contributed by atoms with E-state index in [-0.39, 0.29) is 0 Å². The number of nitrogens with two attached hydrogens (primary N) is 1. The van der Waals surface area contributed by atoms with Crippen molar-refractivity contribution in [2.24, 2.45) is 0 Å². The maximum atomic E-state index is 6.07. The summed E-state index contributed by atoms with van der Waals surface area (Å²) in [5, 5.41) is 0. The largest absolute Gasteiger partial charge is 0.383 e. The van der Waals surface area contributed by atoms with E-state index in [2.05, 4.69) is 34.5 Å². The number of hydrogen-bond acceptors (Lipinski definition) is 3. The summed E-state index contributed by atoms with van der Waals surface area (Å²) < 4.78 is 2.07. The van der Waals surface area contributed by atoms with Gasteiger partial charge in [-0.25, -0.2) is 4.98 Å². The Hall–Kier alpha value is -1.81. The molecule has 2 N–H and O–H groups in total. The van der Waals surface area contributed by atoms with E-state index >= 15 is 0 Å². The van der Waals surface area contributed by atoms with E-state index < -0.39 is 0 Å². The molecule has 0 fully saturated rings. The zero-order chi connectivity index (χ0) is 13.7. The number of anilines is 1. The normalized spacial score (nSPS) is 14.7. The Kier molecular flexibility index (Phi) is 2.60. The molecule has 1 aliphatic rings. The Labute approximate surface area is 122 Å². The summed E-state index contributed by atoms with van der Waals surface area (Å²) in [7, 11) is 0. The first-order valence-corrected chi connectivity index (χ1v) is 7.90. The van der Waals surface area contributed by atoms with Gasteiger partial charge in [0.25, 0.3) is 0 Å². The summed E-state index contributed by atoms with van der Waals surface area (Å²) in [6, 6.07) is 6.88. The topological polar surface area (TPSA) is 43.3 Å². The Morgan fingerprint density at radius 3 is 2.85 bits per heavy atom. The van der Waals surface area contributed by atoms with Crippen LogP contribution in [0.1, 0.15) is 28.8 Å². The molecule has 0 bridgehead atoms. The van der Waals surface area contributed by atoms with Crippen LogP contribution in [0.25, 0.3) is 16.2 Å². The second-order valence-corrected chi connectivity index (χ2v) is 6.68. The summed E-state index contributed by atoms with van der Waals surface area (Å²) >= 11 is 1.70. The highest BCUT2D eigenvalue weighted by molar-refractivity contribution is 7.17. The highest BCUT2D eigenvalue weighted by atomic mass is 32.1. The van der Waals surface area contributed by atoms with E-state index in [9.17, 15) is 0 Å². The molecular weight excluding hydrogens is 266 g/mol. The van der Waals surface area contributed by atoms with Gasteiger partial charge >= 0.3 is 0 Å². The van der Waals surface area contributed by atoms with Gasteiger partial charge in [-0.3, -0.25) is 4.40 Å². The molecule has 102 valence electrons. The van der Waals surface area contributed by atoms with Gasteiger partial charge in [0.1, 0.15) is 5.82 Å². The molecule has 0 radical (unpaired) electrons. The lowest BCUT2D eigenvalue weighted by molar-refractivity contribution is 0.686. The molecule has 0 amide bonds. The standard InChI is InChI=1S/C16H17N3S/c1-10-15(19-14(17)9-18-16(19)20-10)13-7-6-11-4-2-3-5-12(11)8-13/h6-9H,2-5,17H2,1H3. The Morgan fingerprint density at radius 1 is 1.20 bits per heavy atom. The van der Waals surface area contributed by atoms with E-state index in [0.717, 1.165) is 10.8 Å². The van der Waals surface area contributed by atoms with Crippen molar-refractivity contribution in [3.63, 3.8) is 0 Å². The summed E-state index contributed by atoms with van der Waals surface area (Å²) in [5.74, 6) is 0.720. The van der Waals surface area contributed by atoms with Gasteiger partial charge in [-0.15, -0.1) is 11.3 Å². The van der Waals surface area contributed by atoms with Crippen LogP contribution in [0.2, 0.25) is 0 Å². The molecule has 3 aromatic rings. The minimum absolute atomic E-state index is 0.720. The van der Waals surface area contributed by atoms with Gasteiger partial charge in [0.05, 0.1) is 11.9 Å². The van der Waals surface area contributed by atoms with Crippen molar-refractivity contribution in [2.45, 2.75) is 32.6 Å².